The number of benzene rings is 1. The van der Waals surface area contributed by atoms with E-state index >= 15 is 0 Å². The largest absolute Gasteiger partial charge is 0.480 e. The lowest BCUT2D eigenvalue weighted by Gasteiger charge is -2.21. The molecule has 1 saturated heterocycles. The first-order valence-corrected chi connectivity index (χ1v) is 8.17. The molecular formula is C17H18ClN3O4. The second-order valence-corrected chi connectivity index (χ2v) is 6.37. The summed E-state index contributed by atoms with van der Waals surface area (Å²) in [6.45, 7) is 2.02. The summed E-state index contributed by atoms with van der Waals surface area (Å²) in [7, 11) is 1.52. The van der Waals surface area contributed by atoms with Gasteiger partial charge in [0.2, 0.25) is 0 Å². The van der Waals surface area contributed by atoms with Gasteiger partial charge in [-0.15, -0.1) is 0 Å². The first kappa shape index (κ1) is 17.4. The number of hydrogen-bond acceptors (Lipinski definition) is 4. The van der Waals surface area contributed by atoms with Gasteiger partial charge in [-0.2, -0.15) is 5.10 Å². The smallest absolute Gasteiger partial charge is 0.326 e. The van der Waals surface area contributed by atoms with Crippen molar-refractivity contribution in [1.29, 1.82) is 0 Å². The fourth-order valence-electron chi connectivity index (χ4n) is 3.04. The highest BCUT2D eigenvalue weighted by Gasteiger charge is 2.40. The van der Waals surface area contributed by atoms with Crippen LogP contribution in [0, 0.1) is 6.92 Å². The molecule has 0 spiro atoms. The van der Waals surface area contributed by atoms with Gasteiger partial charge >= 0.3 is 5.97 Å². The third-order valence-corrected chi connectivity index (χ3v) is 4.71. The summed E-state index contributed by atoms with van der Waals surface area (Å²) < 4.78 is 6.86. The number of aliphatic carboxylic acids is 1. The summed E-state index contributed by atoms with van der Waals surface area (Å²) in [4.78, 5) is 25.7. The Bertz CT molecular complexity index is 803. The number of nitrogens with zero attached hydrogens (tertiary/aromatic N) is 3. The number of carboxylic acid groups (broad SMARTS) is 1. The first-order chi connectivity index (χ1) is 11.9. The van der Waals surface area contributed by atoms with Gasteiger partial charge in [0.25, 0.3) is 5.91 Å². The van der Waals surface area contributed by atoms with E-state index in [1.165, 1.54) is 18.2 Å². The third kappa shape index (κ3) is 3.25. The summed E-state index contributed by atoms with van der Waals surface area (Å²) in [5, 5.41) is 14.3. The molecule has 0 bridgehead atoms. The van der Waals surface area contributed by atoms with Crippen molar-refractivity contribution < 1.29 is 19.4 Å². The van der Waals surface area contributed by atoms with Gasteiger partial charge in [0.15, 0.2) is 0 Å². The Morgan fingerprint density at radius 1 is 1.32 bits per heavy atom. The Morgan fingerprint density at radius 3 is 2.60 bits per heavy atom. The van der Waals surface area contributed by atoms with E-state index in [0.29, 0.717) is 16.3 Å². The number of carboxylic acids is 1. The molecule has 25 heavy (non-hydrogen) atoms. The van der Waals surface area contributed by atoms with Crippen LogP contribution < -0.4 is 0 Å². The Kier molecular flexibility index (Phi) is 4.78. The lowest BCUT2D eigenvalue weighted by Crippen LogP contribution is -2.40. The van der Waals surface area contributed by atoms with Gasteiger partial charge in [-0.3, -0.25) is 4.79 Å². The minimum absolute atomic E-state index is 0.248. The Morgan fingerprint density at radius 2 is 2.00 bits per heavy atom. The quantitative estimate of drug-likeness (QED) is 0.899. The second-order valence-electron chi connectivity index (χ2n) is 5.94. The molecule has 1 aromatic heterocycles. The van der Waals surface area contributed by atoms with Crippen molar-refractivity contribution >= 4 is 23.5 Å². The second kappa shape index (κ2) is 6.85. The van der Waals surface area contributed by atoms with Crippen LogP contribution in [0.4, 0.5) is 0 Å². The van der Waals surface area contributed by atoms with Crippen LogP contribution in [0.1, 0.15) is 22.5 Å². The van der Waals surface area contributed by atoms with E-state index in [0.717, 1.165) is 5.69 Å². The number of carbonyl (C=O) groups excluding carboxylic acids is 1. The molecule has 0 aliphatic carbocycles. The topological polar surface area (TPSA) is 84.7 Å². The van der Waals surface area contributed by atoms with Crippen molar-refractivity contribution in [3.63, 3.8) is 0 Å². The third-order valence-electron chi connectivity index (χ3n) is 4.45. The highest BCUT2D eigenvalue weighted by Crippen LogP contribution is 2.25. The van der Waals surface area contributed by atoms with Crippen LogP contribution in [0.3, 0.4) is 0 Å². The molecule has 1 fully saturated rings. The molecule has 0 radical (unpaired) electrons. The average molecular weight is 364 g/mol. The van der Waals surface area contributed by atoms with E-state index in [4.69, 9.17) is 16.3 Å². The first-order valence-electron chi connectivity index (χ1n) is 7.79. The van der Waals surface area contributed by atoms with E-state index < -0.39 is 12.0 Å². The summed E-state index contributed by atoms with van der Waals surface area (Å²) in [6, 6.07) is 6.18. The van der Waals surface area contributed by atoms with E-state index in [1.807, 2.05) is 0 Å². The fourth-order valence-corrected chi connectivity index (χ4v) is 3.17. The zero-order valence-corrected chi connectivity index (χ0v) is 14.6. The number of rotatable bonds is 4. The summed E-state index contributed by atoms with van der Waals surface area (Å²) in [5.41, 5.74) is 1.78. The molecule has 132 valence electrons. The maximum Gasteiger partial charge on any atom is 0.326 e. The monoisotopic (exact) mass is 363 g/mol. The Labute approximate surface area is 149 Å². The minimum Gasteiger partial charge on any atom is -0.480 e. The van der Waals surface area contributed by atoms with Gasteiger partial charge in [0.1, 0.15) is 6.04 Å². The summed E-state index contributed by atoms with van der Waals surface area (Å²) in [6.07, 6.45) is 1.46. The van der Waals surface area contributed by atoms with Crippen LogP contribution >= 0.6 is 11.6 Å². The fraction of sp³-hybridized carbons (Fsp3) is 0.353. The SMILES string of the molecule is COC1CC(C(=O)O)N(C(=O)c2cnn(-c3ccc(Cl)cc3)c2C)C1. The van der Waals surface area contributed by atoms with Crippen LogP contribution in [0.15, 0.2) is 30.5 Å². The summed E-state index contributed by atoms with van der Waals surface area (Å²) in [5.74, 6) is -1.39. The molecule has 2 aromatic rings. The number of ether oxygens (including phenoxy) is 1. The van der Waals surface area contributed by atoms with Gasteiger partial charge in [-0.05, 0) is 31.2 Å². The Hall–Kier alpha value is -2.38. The highest BCUT2D eigenvalue weighted by atomic mass is 35.5. The van der Waals surface area contributed by atoms with Crippen molar-refractivity contribution in [3.8, 4) is 5.69 Å². The van der Waals surface area contributed by atoms with E-state index in [1.54, 1.807) is 35.9 Å². The lowest BCUT2D eigenvalue weighted by atomic mass is 10.2. The van der Waals surface area contributed by atoms with Crippen molar-refractivity contribution in [2.45, 2.75) is 25.5 Å². The van der Waals surface area contributed by atoms with Gasteiger partial charge < -0.3 is 14.7 Å². The normalized spacial score (nSPS) is 20.0. The molecule has 1 amide bonds. The van der Waals surface area contributed by atoms with Gasteiger partial charge in [0, 0.05) is 25.1 Å². The molecule has 1 aliphatic rings. The van der Waals surface area contributed by atoms with Gasteiger partial charge in [-0.1, -0.05) is 11.6 Å². The molecule has 1 aromatic carbocycles. The number of aromatic nitrogens is 2. The molecule has 2 atom stereocenters. The van der Waals surface area contributed by atoms with Crippen molar-refractivity contribution in [2.75, 3.05) is 13.7 Å². The lowest BCUT2D eigenvalue weighted by molar-refractivity contribution is -0.141. The van der Waals surface area contributed by atoms with Crippen LogP contribution in [-0.4, -0.2) is 57.5 Å². The number of halogens is 1. The number of hydrogen-bond donors (Lipinski definition) is 1. The van der Waals surface area contributed by atoms with Gasteiger partial charge in [-0.25, -0.2) is 9.48 Å². The van der Waals surface area contributed by atoms with E-state index in [2.05, 4.69) is 5.10 Å². The zero-order valence-electron chi connectivity index (χ0n) is 13.8. The molecule has 2 unspecified atom stereocenters. The average Bonchev–Trinajstić information content (AvgIpc) is 3.19. The molecular weight excluding hydrogens is 346 g/mol. The standard InChI is InChI=1S/C17H18ClN3O4/c1-10-14(8-19-21(10)12-5-3-11(18)4-6-12)16(22)20-9-13(25-2)7-15(20)17(23)24/h3-6,8,13,15H,7,9H2,1-2H3,(H,23,24). The van der Waals surface area contributed by atoms with Crippen molar-refractivity contribution in [1.82, 2.24) is 14.7 Å². The molecule has 8 heteroatoms. The van der Waals surface area contributed by atoms with Gasteiger partial charge in [0.05, 0.1) is 29.2 Å². The maximum absolute atomic E-state index is 12.9. The van der Waals surface area contributed by atoms with Crippen LogP contribution in [0.25, 0.3) is 5.69 Å². The molecule has 7 nitrogen and oxygen atoms in total. The number of methoxy groups -OCH3 is 1. The van der Waals surface area contributed by atoms with Crippen LogP contribution in [0.2, 0.25) is 5.02 Å². The number of amides is 1. The molecule has 1 aliphatic heterocycles. The number of carbonyl (C=O) groups is 2. The zero-order chi connectivity index (χ0) is 18.1. The summed E-state index contributed by atoms with van der Waals surface area (Å²) >= 11 is 5.90. The highest BCUT2D eigenvalue weighted by molar-refractivity contribution is 6.30. The predicted molar refractivity (Wildman–Crippen MR) is 91.2 cm³/mol. The Balaban J connectivity index is 1.90. The maximum atomic E-state index is 12.9. The predicted octanol–water partition coefficient (Wildman–Crippen LogP) is 2.15. The van der Waals surface area contributed by atoms with Crippen LogP contribution in [-0.2, 0) is 9.53 Å². The number of likely N-dealkylation sites (tertiary alicyclic amines) is 1. The van der Waals surface area contributed by atoms with E-state index in [9.17, 15) is 14.7 Å². The van der Waals surface area contributed by atoms with E-state index in [-0.39, 0.29) is 25.0 Å². The molecule has 0 saturated carbocycles. The molecule has 2 heterocycles. The molecule has 1 N–H and O–H groups in total. The van der Waals surface area contributed by atoms with Crippen molar-refractivity contribution in [2.24, 2.45) is 0 Å². The van der Waals surface area contributed by atoms with Crippen LogP contribution in [0.5, 0.6) is 0 Å². The molecule has 3 rings (SSSR count). The minimum atomic E-state index is -1.03. The van der Waals surface area contributed by atoms with Crippen molar-refractivity contribution in [3.05, 3.63) is 46.7 Å².